The van der Waals surface area contributed by atoms with Crippen molar-refractivity contribution in [2.45, 2.75) is 39.2 Å². The van der Waals surface area contributed by atoms with Gasteiger partial charge in [-0.3, -0.25) is 9.59 Å². The molecule has 0 atom stereocenters. The van der Waals surface area contributed by atoms with Gasteiger partial charge in [-0.1, -0.05) is 13.8 Å². The second-order valence-corrected chi connectivity index (χ2v) is 6.45. The summed E-state index contributed by atoms with van der Waals surface area (Å²) in [6.45, 7) is 4.56. The summed E-state index contributed by atoms with van der Waals surface area (Å²) in [7, 11) is 0. The van der Waals surface area contributed by atoms with E-state index in [4.69, 9.17) is 0 Å². The van der Waals surface area contributed by atoms with Crippen molar-refractivity contribution < 1.29 is 22.8 Å². The summed E-state index contributed by atoms with van der Waals surface area (Å²) in [4.78, 5) is 25.4. The zero-order chi connectivity index (χ0) is 17.9. The molecule has 1 N–H and O–H groups in total. The van der Waals surface area contributed by atoms with Crippen molar-refractivity contribution in [2.24, 2.45) is 5.92 Å². The average Bonchev–Trinajstić information content (AvgIpc) is 2.52. The Morgan fingerprint density at radius 3 is 2.38 bits per heavy atom. The maximum atomic E-state index is 13.7. The average molecular weight is 342 g/mol. The minimum absolute atomic E-state index is 0.0265. The SMILES string of the molecule is CC(C)CC(=O)NC1CCN(C(=O)c2ccc(F)c(F)c2F)CC1. The van der Waals surface area contributed by atoms with Gasteiger partial charge in [-0.2, -0.15) is 0 Å². The molecule has 0 unspecified atom stereocenters. The second-order valence-electron chi connectivity index (χ2n) is 6.45. The Morgan fingerprint density at radius 1 is 1.17 bits per heavy atom. The summed E-state index contributed by atoms with van der Waals surface area (Å²) in [6, 6.07) is 1.66. The molecule has 4 nitrogen and oxygen atoms in total. The van der Waals surface area contributed by atoms with Gasteiger partial charge in [0.25, 0.3) is 5.91 Å². The van der Waals surface area contributed by atoms with Gasteiger partial charge >= 0.3 is 0 Å². The molecule has 1 aromatic carbocycles. The van der Waals surface area contributed by atoms with Gasteiger partial charge in [0.05, 0.1) is 5.56 Å². The molecule has 0 aromatic heterocycles. The van der Waals surface area contributed by atoms with Crippen molar-refractivity contribution in [3.63, 3.8) is 0 Å². The lowest BCUT2D eigenvalue weighted by atomic mass is 10.0. The summed E-state index contributed by atoms with van der Waals surface area (Å²) < 4.78 is 39.9. The van der Waals surface area contributed by atoms with Gasteiger partial charge in [-0.25, -0.2) is 13.2 Å². The number of hydrogen-bond acceptors (Lipinski definition) is 2. The minimum atomic E-state index is -1.64. The molecule has 7 heteroatoms. The lowest BCUT2D eigenvalue weighted by Crippen LogP contribution is -2.46. The highest BCUT2D eigenvalue weighted by Gasteiger charge is 2.27. The zero-order valence-electron chi connectivity index (χ0n) is 13.7. The molecular formula is C17H21F3N2O2. The number of carbonyl (C=O) groups is 2. The third-order valence-electron chi connectivity index (χ3n) is 4.01. The molecule has 2 amide bonds. The van der Waals surface area contributed by atoms with E-state index >= 15 is 0 Å². The smallest absolute Gasteiger partial charge is 0.256 e. The van der Waals surface area contributed by atoms with Crippen LogP contribution < -0.4 is 5.32 Å². The van der Waals surface area contributed by atoms with E-state index in [-0.39, 0.29) is 17.9 Å². The Labute approximate surface area is 139 Å². The number of rotatable bonds is 4. The highest BCUT2D eigenvalue weighted by molar-refractivity contribution is 5.94. The van der Waals surface area contributed by atoms with Gasteiger partial charge < -0.3 is 10.2 Å². The summed E-state index contributed by atoms with van der Waals surface area (Å²) in [5.74, 6) is -4.86. The molecule has 1 aliphatic heterocycles. The second kappa shape index (κ2) is 7.68. The lowest BCUT2D eigenvalue weighted by Gasteiger charge is -2.32. The van der Waals surface area contributed by atoms with Crippen LogP contribution in [0.1, 0.15) is 43.5 Å². The van der Waals surface area contributed by atoms with Crippen molar-refractivity contribution in [2.75, 3.05) is 13.1 Å². The predicted molar refractivity (Wildman–Crippen MR) is 82.8 cm³/mol. The van der Waals surface area contributed by atoms with Gasteiger partial charge in [-0.05, 0) is 30.9 Å². The summed E-state index contributed by atoms with van der Waals surface area (Å²) >= 11 is 0. The van der Waals surface area contributed by atoms with E-state index in [2.05, 4.69) is 5.32 Å². The van der Waals surface area contributed by atoms with E-state index < -0.39 is 28.9 Å². The Hall–Kier alpha value is -2.05. The number of halogens is 3. The molecule has 1 heterocycles. The van der Waals surface area contributed by atoms with Crippen LogP contribution in [0.5, 0.6) is 0 Å². The van der Waals surface area contributed by atoms with E-state index in [0.29, 0.717) is 32.4 Å². The number of benzene rings is 1. The monoisotopic (exact) mass is 342 g/mol. The lowest BCUT2D eigenvalue weighted by molar-refractivity contribution is -0.122. The molecule has 0 saturated carbocycles. The standard InChI is InChI=1S/C17H21F3N2O2/c1-10(2)9-14(23)21-11-5-7-22(8-6-11)17(24)12-3-4-13(18)16(20)15(12)19/h3-4,10-11H,5-9H2,1-2H3,(H,21,23). The minimum Gasteiger partial charge on any atom is -0.353 e. The Bertz CT molecular complexity index is 627. The van der Waals surface area contributed by atoms with E-state index in [1.54, 1.807) is 0 Å². The summed E-state index contributed by atoms with van der Waals surface area (Å²) in [5.41, 5.74) is -0.476. The molecule has 1 saturated heterocycles. The molecule has 1 fully saturated rings. The molecule has 1 aromatic rings. The first kappa shape index (κ1) is 18.3. The van der Waals surface area contributed by atoms with Crippen LogP contribution in [0, 0.1) is 23.4 Å². The molecule has 2 rings (SSSR count). The van der Waals surface area contributed by atoms with Crippen LogP contribution in [-0.2, 0) is 4.79 Å². The van der Waals surface area contributed by atoms with Crippen LogP contribution in [0.25, 0.3) is 0 Å². The van der Waals surface area contributed by atoms with E-state index in [0.717, 1.165) is 12.1 Å². The Kier molecular flexibility index (Phi) is 5.85. The number of nitrogens with one attached hydrogen (secondary N) is 1. The number of amides is 2. The normalized spacial score (nSPS) is 15.7. The maximum Gasteiger partial charge on any atom is 0.256 e. The number of likely N-dealkylation sites (tertiary alicyclic amines) is 1. The largest absolute Gasteiger partial charge is 0.353 e. The third-order valence-corrected chi connectivity index (χ3v) is 4.01. The fourth-order valence-corrected chi connectivity index (χ4v) is 2.75. The van der Waals surface area contributed by atoms with Crippen LogP contribution in [-0.4, -0.2) is 35.8 Å². The van der Waals surface area contributed by atoms with E-state index in [1.165, 1.54) is 4.90 Å². The van der Waals surface area contributed by atoms with E-state index in [1.807, 2.05) is 13.8 Å². The van der Waals surface area contributed by atoms with Gasteiger partial charge in [0.2, 0.25) is 5.91 Å². The maximum absolute atomic E-state index is 13.7. The van der Waals surface area contributed by atoms with E-state index in [9.17, 15) is 22.8 Å². The van der Waals surface area contributed by atoms with Gasteiger partial charge in [0.15, 0.2) is 17.5 Å². The molecule has 0 aliphatic carbocycles. The van der Waals surface area contributed by atoms with Gasteiger partial charge in [0, 0.05) is 25.6 Å². The number of nitrogens with zero attached hydrogens (tertiary/aromatic N) is 1. The van der Waals surface area contributed by atoms with Crippen molar-refractivity contribution in [3.05, 3.63) is 35.1 Å². The number of hydrogen-bond donors (Lipinski definition) is 1. The Balaban J connectivity index is 1.94. The van der Waals surface area contributed by atoms with Crippen LogP contribution in [0.2, 0.25) is 0 Å². The molecular weight excluding hydrogens is 321 g/mol. The fraction of sp³-hybridized carbons (Fsp3) is 0.529. The highest BCUT2D eigenvalue weighted by atomic mass is 19.2. The zero-order valence-corrected chi connectivity index (χ0v) is 13.7. The topological polar surface area (TPSA) is 49.4 Å². The first-order chi connectivity index (χ1) is 11.3. The van der Waals surface area contributed by atoms with Crippen LogP contribution in [0.4, 0.5) is 13.2 Å². The summed E-state index contributed by atoms with van der Waals surface area (Å²) in [5, 5.41) is 2.92. The fourth-order valence-electron chi connectivity index (χ4n) is 2.75. The van der Waals surface area contributed by atoms with Crippen LogP contribution >= 0.6 is 0 Å². The molecule has 1 aliphatic rings. The molecule has 0 radical (unpaired) electrons. The number of piperidine rings is 1. The van der Waals surface area contributed by atoms with Crippen LogP contribution in [0.15, 0.2) is 12.1 Å². The van der Waals surface area contributed by atoms with Crippen molar-refractivity contribution in [3.8, 4) is 0 Å². The molecule has 0 spiro atoms. The quantitative estimate of drug-likeness (QED) is 0.856. The molecule has 24 heavy (non-hydrogen) atoms. The van der Waals surface area contributed by atoms with Crippen molar-refractivity contribution in [1.29, 1.82) is 0 Å². The van der Waals surface area contributed by atoms with Gasteiger partial charge in [0.1, 0.15) is 0 Å². The predicted octanol–water partition coefficient (Wildman–Crippen LogP) is 2.87. The highest BCUT2D eigenvalue weighted by Crippen LogP contribution is 2.19. The first-order valence-electron chi connectivity index (χ1n) is 8.01. The Morgan fingerprint density at radius 2 is 1.79 bits per heavy atom. The first-order valence-corrected chi connectivity index (χ1v) is 8.01. The number of carbonyl (C=O) groups excluding carboxylic acids is 2. The van der Waals surface area contributed by atoms with Crippen LogP contribution in [0.3, 0.4) is 0 Å². The molecule has 0 bridgehead atoms. The molecule has 132 valence electrons. The van der Waals surface area contributed by atoms with Gasteiger partial charge in [-0.15, -0.1) is 0 Å². The van der Waals surface area contributed by atoms with Crippen molar-refractivity contribution >= 4 is 11.8 Å². The third kappa shape index (κ3) is 4.27. The van der Waals surface area contributed by atoms with Crippen molar-refractivity contribution in [1.82, 2.24) is 10.2 Å². The summed E-state index contributed by atoms with van der Waals surface area (Å²) in [6.07, 6.45) is 1.53.